The first kappa shape index (κ1) is 22.0. The molecular formula is C21H23N7O5. The van der Waals surface area contributed by atoms with Crippen LogP contribution in [-0.2, 0) is 14.3 Å². The van der Waals surface area contributed by atoms with Crippen LogP contribution in [0.2, 0.25) is 0 Å². The highest BCUT2D eigenvalue weighted by Crippen LogP contribution is 2.33. The minimum absolute atomic E-state index is 0.137. The molecule has 2 aromatic heterocycles. The summed E-state index contributed by atoms with van der Waals surface area (Å²) in [4.78, 5) is 43.1. The van der Waals surface area contributed by atoms with Gasteiger partial charge in [0.25, 0.3) is 0 Å². The molecule has 0 bridgehead atoms. The number of Topliss-reactive ketones (excluding diaryl/α,β-unsaturated/α-hetero) is 1. The van der Waals surface area contributed by atoms with E-state index in [1.54, 1.807) is 31.3 Å². The molecule has 0 saturated carbocycles. The van der Waals surface area contributed by atoms with Gasteiger partial charge >= 0.3 is 5.97 Å². The number of hydrogen-bond acceptors (Lipinski definition) is 12. The van der Waals surface area contributed by atoms with Crippen molar-refractivity contribution >= 4 is 35.3 Å². The van der Waals surface area contributed by atoms with Gasteiger partial charge in [-0.15, -0.1) is 0 Å². The summed E-state index contributed by atoms with van der Waals surface area (Å²) >= 11 is 0. The topological polar surface area (TPSA) is 145 Å². The highest BCUT2D eigenvalue weighted by Gasteiger charge is 2.35. The minimum Gasteiger partial charge on any atom is -0.496 e. The molecule has 1 aromatic carbocycles. The minimum atomic E-state index is -0.872. The SMILES string of the molecule is CNc1nc(Nc2ccc(-c3cnco3)c(OC)c2)nc(N2CCC(=O)C(C(=O)OC)C2)n1. The van der Waals surface area contributed by atoms with Crippen molar-refractivity contribution in [2.24, 2.45) is 5.92 Å². The highest BCUT2D eigenvalue weighted by atomic mass is 16.5. The van der Waals surface area contributed by atoms with Crippen molar-refractivity contribution in [2.45, 2.75) is 6.42 Å². The maximum atomic E-state index is 12.1. The number of benzene rings is 1. The molecule has 1 saturated heterocycles. The quantitative estimate of drug-likeness (QED) is 0.398. The lowest BCUT2D eigenvalue weighted by atomic mass is 9.97. The summed E-state index contributed by atoms with van der Waals surface area (Å²) in [6.45, 7) is 0.524. The Morgan fingerprint density at radius 1 is 1.21 bits per heavy atom. The Balaban J connectivity index is 1.60. The third-order valence-electron chi connectivity index (χ3n) is 5.19. The average molecular weight is 453 g/mol. The molecule has 4 rings (SSSR count). The summed E-state index contributed by atoms with van der Waals surface area (Å²) in [6.07, 6.45) is 3.15. The zero-order valence-corrected chi connectivity index (χ0v) is 18.4. The lowest BCUT2D eigenvalue weighted by Crippen LogP contribution is -2.45. The largest absolute Gasteiger partial charge is 0.496 e. The number of nitrogens with zero attached hydrogens (tertiary/aromatic N) is 5. The molecule has 3 aromatic rings. The molecule has 0 amide bonds. The van der Waals surface area contributed by atoms with Crippen LogP contribution in [-0.4, -0.2) is 66.0 Å². The summed E-state index contributed by atoms with van der Waals surface area (Å²) in [5.74, 6) is 0.521. The van der Waals surface area contributed by atoms with Crippen LogP contribution < -0.4 is 20.3 Å². The van der Waals surface area contributed by atoms with E-state index in [1.165, 1.54) is 13.5 Å². The van der Waals surface area contributed by atoms with Crippen LogP contribution in [0.3, 0.4) is 0 Å². The zero-order valence-electron chi connectivity index (χ0n) is 18.4. The number of esters is 1. The maximum absolute atomic E-state index is 12.1. The summed E-state index contributed by atoms with van der Waals surface area (Å²) < 4.78 is 15.6. The Kier molecular flexibility index (Phi) is 6.33. The van der Waals surface area contributed by atoms with Gasteiger partial charge in [-0.1, -0.05) is 0 Å². The van der Waals surface area contributed by atoms with E-state index >= 15 is 0 Å². The molecule has 12 heteroatoms. The van der Waals surface area contributed by atoms with Crippen molar-refractivity contribution < 1.29 is 23.5 Å². The monoisotopic (exact) mass is 453 g/mol. The van der Waals surface area contributed by atoms with Crippen molar-refractivity contribution in [3.63, 3.8) is 0 Å². The Morgan fingerprint density at radius 3 is 2.73 bits per heavy atom. The van der Waals surface area contributed by atoms with Crippen molar-refractivity contribution in [3.05, 3.63) is 30.8 Å². The van der Waals surface area contributed by atoms with Crippen LogP contribution in [0.1, 0.15) is 6.42 Å². The fraction of sp³-hybridized carbons (Fsp3) is 0.333. The van der Waals surface area contributed by atoms with Gasteiger partial charge in [0.1, 0.15) is 11.7 Å². The number of carbonyl (C=O) groups is 2. The van der Waals surface area contributed by atoms with Crippen molar-refractivity contribution in [3.8, 4) is 17.1 Å². The van der Waals surface area contributed by atoms with Gasteiger partial charge < -0.3 is 29.4 Å². The molecular weight excluding hydrogens is 430 g/mol. The molecule has 1 aliphatic rings. The Hall–Kier alpha value is -4.22. The van der Waals surface area contributed by atoms with E-state index in [2.05, 4.69) is 30.6 Å². The molecule has 2 N–H and O–H groups in total. The Labute approximate surface area is 189 Å². The maximum Gasteiger partial charge on any atom is 0.318 e. The fourth-order valence-electron chi connectivity index (χ4n) is 3.49. The summed E-state index contributed by atoms with van der Waals surface area (Å²) in [5, 5.41) is 6.05. The average Bonchev–Trinajstić information content (AvgIpc) is 3.38. The number of oxazole rings is 1. The fourth-order valence-corrected chi connectivity index (χ4v) is 3.49. The van der Waals surface area contributed by atoms with Crippen LogP contribution in [0.4, 0.5) is 23.5 Å². The van der Waals surface area contributed by atoms with Gasteiger partial charge in [0, 0.05) is 38.3 Å². The number of hydrogen-bond donors (Lipinski definition) is 2. The van der Waals surface area contributed by atoms with E-state index in [9.17, 15) is 9.59 Å². The number of ether oxygens (including phenoxy) is 2. The highest BCUT2D eigenvalue weighted by molar-refractivity contribution is 6.00. The number of carbonyl (C=O) groups excluding carboxylic acids is 2. The molecule has 12 nitrogen and oxygen atoms in total. The summed E-state index contributed by atoms with van der Waals surface area (Å²) in [6, 6.07) is 5.45. The number of piperidine rings is 1. The number of methoxy groups -OCH3 is 2. The van der Waals surface area contributed by atoms with Crippen molar-refractivity contribution in [2.75, 3.05) is 49.9 Å². The molecule has 1 unspecified atom stereocenters. The van der Waals surface area contributed by atoms with Crippen LogP contribution >= 0.6 is 0 Å². The number of aromatic nitrogens is 4. The summed E-state index contributed by atoms with van der Waals surface area (Å²) in [7, 11) is 4.52. The van der Waals surface area contributed by atoms with Gasteiger partial charge in [0.15, 0.2) is 17.9 Å². The van der Waals surface area contributed by atoms with Gasteiger partial charge in [0.2, 0.25) is 17.8 Å². The van der Waals surface area contributed by atoms with Crippen LogP contribution in [0, 0.1) is 5.92 Å². The van der Waals surface area contributed by atoms with Crippen LogP contribution in [0.25, 0.3) is 11.3 Å². The number of rotatable bonds is 7. The van der Waals surface area contributed by atoms with Crippen molar-refractivity contribution in [1.82, 2.24) is 19.9 Å². The Bertz CT molecular complexity index is 1140. The molecule has 1 atom stereocenters. The van der Waals surface area contributed by atoms with E-state index in [4.69, 9.17) is 13.9 Å². The van der Waals surface area contributed by atoms with E-state index < -0.39 is 11.9 Å². The summed E-state index contributed by atoms with van der Waals surface area (Å²) in [5.41, 5.74) is 1.43. The molecule has 3 heterocycles. The molecule has 0 radical (unpaired) electrons. The lowest BCUT2D eigenvalue weighted by molar-refractivity contribution is -0.149. The number of ketones is 1. The second-order valence-corrected chi connectivity index (χ2v) is 7.18. The normalized spacial score (nSPS) is 15.8. The molecule has 0 aliphatic carbocycles. The Morgan fingerprint density at radius 2 is 2.03 bits per heavy atom. The van der Waals surface area contributed by atoms with Crippen LogP contribution in [0.5, 0.6) is 5.75 Å². The molecule has 33 heavy (non-hydrogen) atoms. The number of anilines is 4. The third-order valence-corrected chi connectivity index (χ3v) is 5.19. The van der Waals surface area contributed by atoms with Crippen LogP contribution in [0.15, 0.2) is 35.2 Å². The smallest absolute Gasteiger partial charge is 0.318 e. The second-order valence-electron chi connectivity index (χ2n) is 7.18. The second kappa shape index (κ2) is 9.51. The van der Waals surface area contributed by atoms with Gasteiger partial charge in [-0.25, -0.2) is 4.98 Å². The predicted molar refractivity (Wildman–Crippen MR) is 118 cm³/mol. The molecule has 0 spiro atoms. The molecule has 172 valence electrons. The van der Waals surface area contributed by atoms with Gasteiger partial charge in [-0.05, 0) is 12.1 Å². The van der Waals surface area contributed by atoms with E-state index in [0.29, 0.717) is 35.6 Å². The number of nitrogens with one attached hydrogen (secondary N) is 2. The molecule has 1 aliphatic heterocycles. The van der Waals surface area contributed by atoms with E-state index in [0.717, 1.165) is 5.56 Å². The van der Waals surface area contributed by atoms with Gasteiger partial charge in [0.05, 0.1) is 26.0 Å². The standard InChI is InChI=1S/C21H23N7O5/c1-22-19-25-20(24-12-4-5-13(16(8-12)31-2)17-9-23-11-33-17)27-21(26-19)28-7-6-15(29)14(10-28)18(30)32-3/h4-5,8-9,11,14H,6-7,10H2,1-3H3,(H2,22,24,25,26,27). The van der Waals surface area contributed by atoms with Crippen molar-refractivity contribution in [1.29, 1.82) is 0 Å². The predicted octanol–water partition coefficient (Wildman–Crippen LogP) is 1.89. The lowest BCUT2D eigenvalue weighted by Gasteiger charge is -2.30. The first-order valence-corrected chi connectivity index (χ1v) is 10.2. The van der Waals surface area contributed by atoms with E-state index in [1.807, 2.05) is 12.1 Å². The zero-order chi connectivity index (χ0) is 23.4. The first-order chi connectivity index (χ1) is 16.0. The molecule has 1 fully saturated rings. The van der Waals surface area contributed by atoms with E-state index in [-0.39, 0.29) is 24.7 Å². The third kappa shape index (κ3) is 4.68. The van der Waals surface area contributed by atoms with Gasteiger partial charge in [-0.3, -0.25) is 9.59 Å². The van der Waals surface area contributed by atoms with Gasteiger partial charge in [-0.2, -0.15) is 15.0 Å². The first-order valence-electron chi connectivity index (χ1n) is 10.2.